The van der Waals surface area contributed by atoms with Crippen molar-refractivity contribution in [2.45, 2.75) is 20.1 Å². The van der Waals surface area contributed by atoms with Crippen molar-refractivity contribution in [1.82, 2.24) is 9.55 Å². The molecule has 1 aromatic carbocycles. The highest BCUT2D eigenvalue weighted by Crippen LogP contribution is 2.25. The fraction of sp³-hybridized carbons (Fsp3) is 0.500. The van der Waals surface area contributed by atoms with E-state index in [9.17, 15) is 0 Å². The highest BCUT2D eigenvalue weighted by atomic mass is 16.7. The van der Waals surface area contributed by atoms with Gasteiger partial charge in [0.15, 0.2) is 5.82 Å². The van der Waals surface area contributed by atoms with Crippen molar-refractivity contribution in [2.75, 3.05) is 20.3 Å². The summed E-state index contributed by atoms with van der Waals surface area (Å²) in [7, 11) is 3.61. The van der Waals surface area contributed by atoms with Gasteiger partial charge < -0.3 is 18.8 Å². The van der Waals surface area contributed by atoms with Crippen molar-refractivity contribution in [1.29, 1.82) is 0 Å². The lowest BCUT2D eigenvalue weighted by Crippen LogP contribution is -2.13. The van der Waals surface area contributed by atoms with Crippen molar-refractivity contribution in [2.24, 2.45) is 7.05 Å². The number of ether oxygens (including phenoxy) is 3. The predicted octanol–water partition coefficient (Wildman–Crippen LogP) is 2.65. The summed E-state index contributed by atoms with van der Waals surface area (Å²) in [6.45, 7) is 5.05. The van der Waals surface area contributed by atoms with E-state index in [4.69, 9.17) is 14.2 Å². The molecule has 0 N–H and O–H groups in total. The van der Waals surface area contributed by atoms with Gasteiger partial charge in [-0.2, -0.15) is 0 Å². The van der Waals surface area contributed by atoms with Crippen molar-refractivity contribution >= 4 is 11.0 Å². The molecule has 0 amide bonds. The summed E-state index contributed by atoms with van der Waals surface area (Å²) in [5.74, 6) is 1.56. The number of fused-ring (bicyclic) bond motifs is 1. The average molecular weight is 264 g/mol. The number of hydrogen-bond acceptors (Lipinski definition) is 4. The van der Waals surface area contributed by atoms with E-state index in [1.807, 2.05) is 43.7 Å². The molecular formula is C14H20N2O3. The summed E-state index contributed by atoms with van der Waals surface area (Å²) in [6, 6.07) is 5.82. The number of imidazole rings is 1. The molecule has 5 nitrogen and oxygen atoms in total. The third-order valence-corrected chi connectivity index (χ3v) is 2.97. The second-order valence-electron chi connectivity index (χ2n) is 4.13. The van der Waals surface area contributed by atoms with Crippen LogP contribution in [-0.4, -0.2) is 29.9 Å². The first kappa shape index (κ1) is 13.8. The molecule has 5 heteroatoms. The highest BCUT2D eigenvalue weighted by molar-refractivity contribution is 5.77. The fourth-order valence-electron chi connectivity index (χ4n) is 2.04. The van der Waals surface area contributed by atoms with Gasteiger partial charge in [0.25, 0.3) is 0 Å². The van der Waals surface area contributed by atoms with Crippen LogP contribution in [0.4, 0.5) is 0 Å². The van der Waals surface area contributed by atoms with E-state index in [0.717, 1.165) is 22.6 Å². The Kier molecular flexibility index (Phi) is 4.39. The van der Waals surface area contributed by atoms with Gasteiger partial charge in [-0.25, -0.2) is 4.98 Å². The van der Waals surface area contributed by atoms with Crippen LogP contribution in [0, 0.1) is 0 Å². The highest BCUT2D eigenvalue weighted by Gasteiger charge is 2.19. The molecule has 0 aliphatic carbocycles. The van der Waals surface area contributed by atoms with E-state index < -0.39 is 6.29 Å². The zero-order valence-electron chi connectivity index (χ0n) is 11.8. The van der Waals surface area contributed by atoms with Gasteiger partial charge in [0.2, 0.25) is 6.29 Å². The predicted molar refractivity (Wildman–Crippen MR) is 73.3 cm³/mol. The van der Waals surface area contributed by atoms with Gasteiger partial charge in [0.1, 0.15) is 5.75 Å². The van der Waals surface area contributed by atoms with Crippen molar-refractivity contribution < 1.29 is 14.2 Å². The maximum atomic E-state index is 5.60. The van der Waals surface area contributed by atoms with E-state index in [1.165, 1.54) is 0 Å². The number of methoxy groups -OCH3 is 1. The van der Waals surface area contributed by atoms with E-state index in [0.29, 0.717) is 13.2 Å². The van der Waals surface area contributed by atoms with Gasteiger partial charge in [-0.3, -0.25) is 0 Å². The summed E-state index contributed by atoms with van der Waals surface area (Å²) >= 11 is 0. The number of hydrogen-bond donors (Lipinski definition) is 0. The number of aromatic nitrogens is 2. The first-order chi connectivity index (χ1) is 9.21. The summed E-state index contributed by atoms with van der Waals surface area (Å²) in [4.78, 5) is 4.59. The molecule has 104 valence electrons. The molecule has 19 heavy (non-hydrogen) atoms. The molecule has 0 atom stereocenters. The Morgan fingerprint density at radius 1 is 1.21 bits per heavy atom. The van der Waals surface area contributed by atoms with Gasteiger partial charge in [0.05, 0.1) is 18.1 Å². The van der Waals surface area contributed by atoms with E-state index in [2.05, 4.69) is 4.98 Å². The maximum absolute atomic E-state index is 5.60. The van der Waals surface area contributed by atoms with E-state index in [-0.39, 0.29) is 0 Å². The molecule has 0 radical (unpaired) electrons. The number of rotatable bonds is 6. The molecule has 1 heterocycles. The molecular weight excluding hydrogens is 244 g/mol. The van der Waals surface area contributed by atoms with E-state index in [1.54, 1.807) is 7.11 Å². The van der Waals surface area contributed by atoms with Crippen molar-refractivity contribution in [3.63, 3.8) is 0 Å². The Hall–Kier alpha value is -1.59. The quantitative estimate of drug-likeness (QED) is 0.752. The summed E-state index contributed by atoms with van der Waals surface area (Å²) in [6.07, 6.45) is -0.432. The zero-order chi connectivity index (χ0) is 13.8. The summed E-state index contributed by atoms with van der Waals surface area (Å²) in [5, 5.41) is 0. The molecule has 0 bridgehead atoms. The van der Waals surface area contributed by atoms with Crippen LogP contribution in [0.15, 0.2) is 18.2 Å². The Balaban J connectivity index is 2.44. The standard InChI is InChI=1S/C14H20N2O3/c1-5-18-14(19-6-2)13-15-11-9-10(17-4)7-8-12(11)16(13)3/h7-9,14H,5-6H2,1-4H3. The Bertz CT molecular complexity index is 545. The van der Waals surface area contributed by atoms with Crippen LogP contribution in [0.2, 0.25) is 0 Å². The van der Waals surface area contributed by atoms with Crippen LogP contribution in [0.5, 0.6) is 5.75 Å². The first-order valence-corrected chi connectivity index (χ1v) is 6.44. The smallest absolute Gasteiger partial charge is 0.217 e. The molecule has 0 aliphatic rings. The van der Waals surface area contributed by atoms with Crippen molar-refractivity contribution in [3.8, 4) is 5.75 Å². The minimum absolute atomic E-state index is 0.432. The topological polar surface area (TPSA) is 45.5 Å². The zero-order valence-corrected chi connectivity index (χ0v) is 11.8. The maximum Gasteiger partial charge on any atom is 0.217 e. The molecule has 2 aromatic rings. The SMILES string of the molecule is CCOC(OCC)c1nc2cc(OC)ccc2n1C. The van der Waals surface area contributed by atoms with Gasteiger partial charge in [-0.15, -0.1) is 0 Å². The molecule has 0 spiro atoms. The molecule has 2 rings (SSSR count). The largest absolute Gasteiger partial charge is 0.497 e. The molecule has 0 saturated heterocycles. The summed E-state index contributed by atoms with van der Waals surface area (Å²) < 4.78 is 18.4. The number of nitrogens with zero attached hydrogens (tertiary/aromatic N) is 2. The first-order valence-electron chi connectivity index (χ1n) is 6.44. The van der Waals surface area contributed by atoms with Crippen molar-refractivity contribution in [3.05, 3.63) is 24.0 Å². The van der Waals surface area contributed by atoms with E-state index >= 15 is 0 Å². The molecule has 0 aliphatic heterocycles. The minimum Gasteiger partial charge on any atom is -0.497 e. The monoisotopic (exact) mass is 264 g/mol. The fourth-order valence-corrected chi connectivity index (χ4v) is 2.04. The van der Waals surface area contributed by atoms with Crippen LogP contribution in [0.3, 0.4) is 0 Å². The Labute approximate surface area is 113 Å². The Morgan fingerprint density at radius 2 is 1.89 bits per heavy atom. The lowest BCUT2D eigenvalue weighted by molar-refractivity contribution is -0.146. The molecule has 0 saturated carbocycles. The summed E-state index contributed by atoms with van der Waals surface area (Å²) in [5.41, 5.74) is 1.90. The lowest BCUT2D eigenvalue weighted by atomic mass is 10.3. The van der Waals surface area contributed by atoms with Gasteiger partial charge in [-0.1, -0.05) is 0 Å². The minimum atomic E-state index is -0.432. The molecule has 0 unspecified atom stereocenters. The second-order valence-corrected chi connectivity index (χ2v) is 4.13. The normalized spacial score (nSPS) is 11.4. The van der Waals surface area contributed by atoms with Crippen LogP contribution in [0.1, 0.15) is 26.0 Å². The average Bonchev–Trinajstić information content (AvgIpc) is 2.75. The lowest BCUT2D eigenvalue weighted by Gasteiger charge is -2.16. The van der Waals surface area contributed by atoms with Crippen LogP contribution in [0.25, 0.3) is 11.0 Å². The number of aryl methyl sites for hydroxylation is 1. The third-order valence-electron chi connectivity index (χ3n) is 2.97. The van der Waals surface area contributed by atoms with Crippen LogP contribution >= 0.6 is 0 Å². The molecule has 1 aromatic heterocycles. The van der Waals surface area contributed by atoms with Gasteiger partial charge >= 0.3 is 0 Å². The van der Waals surface area contributed by atoms with Gasteiger partial charge in [-0.05, 0) is 26.0 Å². The second kappa shape index (κ2) is 6.04. The third kappa shape index (κ3) is 2.72. The van der Waals surface area contributed by atoms with Gasteiger partial charge in [0, 0.05) is 26.3 Å². The van der Waals surface area contributed by atoms with Crippen LogP contribution in [-0.2, 0) is 16.5 Å². The van der Waals surface area contributed by atoms with Crippen LogP contribution < -0.4 is 4.74 Å². The Morgan fingerprint density at radius 3 is 2.47 bits per heavy atom. The number of benzene rings is 1. The molecule has 0 fully saturated rings.